The molecule has 2 aromatic rings. The van der Waals surface area contributed by atoms with Crippen LogP contribution in [0.5, 0.6) is 5.75 Å². The van der Waals surface area contributed by atoms with Gasteiger partial charge in [-0.2, -0.15) is 0 Å². The van der Waals surface area contributed by atoms with Crippen molar-refractivity contribution in [1.82, 2.24) is 10.6 Å². The van der Waals surface area contributed by atoms with E-state index in [2.05, 4.69) is 10.6 Å². The zero-order valence-corrected chi connectivity index (χ0v) is 34.6. The summed E-state index contributed by atoms with van der Waals surface area (Å²) in [7, 11) is -4.51. The molecule has 310 valence electrons. The van der Waals surface area contributed by atoms with Gasteiger partial charge in [0.05, 0.1) is 16.5 Å². The Labute approximate surface area is 332 Å². The van der Waals surface area contributed by atoms with Crippen LogP contribution in [0.1, 0.15) is 91.3 Å². The van der Waals surface area contributed by atoms with Gasteiger partial charge in [0, 0.05) is 25.0 Å². The average molecular weight is 813 g/mol. The molecule has 4 rings (SSSR count). The third-order valence-electron chi connectivity index (χ3n) is 9.14. The molecule has 4 amide bonds. The summed E-state index contributed by atoms with van der Waals surface area (Å²) in [6.07, 6.45) is 2.93. The van der Waals surface area contributed by atoms with Gasteiger partial charge in [-0.1, -0.05) is 30.3 Å². The molecule has 17 heteroatoms. The molecule has 2 heterocycles. The van der Waals surface area contributed by atoms with Gasteiger partial charge in [0.25, 0.3) is 0 Å². The largest absolute Gasteiger partial charge is 0.535 e. The Morgan fingerprint density at radius 1 is 0.930 bits per heavy atom. The summed E-state index contributed by atoms with van der Waals surface area (Å²) in [6, 6.07) is 9.67. The fourth-order valence-electron chi connectivity index (χ4n) is 5.96. The molecule has 2 aliphatic rings. The van der Waals surface area contributed by atoms with Crippen LogP contribution in [0.15, 0.2) is 48.5 Å². The first-order valence-corrected chi connectivity index (χ1v) is 20.1. The molecule has 3 atom stereocenters. The predicted molar refractivity (Wildman–Crippen MR) is 209 cm³/mol. The molecule has 57 heavy (non-hydrogen) atoms. The maximum Gasteiger partial charge on any atom is 0.535 e. The number of esters is 2. The fraction of sp³-hybridized carbons (Fsp3) is 0.500. The van der Waals surface area contributed by atoms with Crippen molar-refractivity contribution in [1.29, 1.82) is 0 Å². The number of benzene rings is 2. The zero-order valence-electron chi connectivity index (χ0n) is 33.7. The first-order valence-electron chi connectivity index (χ1n) is 18.6. The number of rotatable bonds is 16. The summed E-state index contributed by atoms with van der Waals surface area (Å²) in [6.45, 7) is 11.7. The lowest BCUT2D eigenvalue weighted by atomic mass is 9.98. The Bertz CT molecular complexity index is 1900. The van der Waals surface area contributed by atoms with Gasteiger partial charge in [-0.3, -0.25) is 33.7 Å². The summed E-state index contributed by atoms with van der Waals surface area (Å²) < 4.78 is 39.6. The van der Waals surface area contributed by atoms with Crippen LogP contribution in [-0.4, -0.2) is 67.3 Å². The van der Waals surface area contributed by atoms with Gasteiger partial charge in [0.2, 0.25) is 37.2 Å². The summed E-state index contributed by atoms with van der Waals surface area (Å²) in [5.74, 6) is -2.99. The highest BCUT2D eigenvalue weighted by Crippen LogP contribution is 2.50. The Balaban J connectivity index is 1.44. The van der Waals surface area contributed by atoms with Crippen LogP contribution in [0.3, 0.4) is 0 Å². The smallest absolute Gasteiger partial charge is 0.437 e. The number of allylic oxidation sites excluding steroid dienone is 1. The van der Waals surface area contributed by atoms with E-state index in [0.29, 0.717) is 42.5 Å². The Kier molecular flexibility index (Phi) is 14.5. The Morgan fingerprint density at radius 2 is 1.51 bits per heavy atom. The first kappa shape index (κ1) is 44.7. The number of para-hydroxylation sites is 1. The van der Waals surface area contributed by atoms with Crippen LogP contribution in [0.2, 0.25) is 0 Å². The number of nitrogens with zero attached hydrogens (tertiary/aromatic N) is 1. The zero-order chi connectivity index (χ0) is 42.3. The maximum atomic E-state index is 14.1. The van der Waals surface area contributed by atoms with E-state index >= 15 is 0 Å². The molecule has 0 saturated heterocycles. The van der Waals surface area contributed by atoms with Crippen molar-refractivity contribution >= 4 is 54.7 Å². The molecule has 0 spiro atoms. The monoisotopic (exact) mass is 812 g/mol. The molecule has 2 aliphatic heterocycles. The number of carbonyl (C=O) groups excluding carboxylic acids is 6. The van der Waals surface area contributed by atoms with E-state index in [9.17, 15) is 33.3 Å². The molecule has 0 aromatic heterocycles. The summed E-state index contributed by atoms with van der Waals surface area (Å²) >= 11 is 0. The number of primary amides is 1. The lowest BCUT2D eigenvalue weighted by Gasteiger charge is -2.28. The minimum atomic E-state index is -4.51. The van der Waals surface area contributed by atoms with Crippen molar-refractivity contribution in [2.75, 3.05) is 18.5 Å². The number of hydrogen-bond acceptors (Lipinski definition) is 12. The second kappa shape index (κ2) is 18.5. The predicted octanol–water partition coefficient (Wildman–Crippen LogP) is 4.86. The number of carbonyl (C=O) groups is 6. The number of amides is 4. The Morgan fingerprint density at radius 3 is 2.07 bits per heavy atom. The molecular weight excluding hydrogens is 759 g/mol. The maximum absolute atomic E-state index is 14.1. The average Bonchev–Trinajstić information content (AvgIpc) is 3.46. The minimum Gasteiger partial charge on any atom is -0.437 e. The number of ether oxygens (including phenoxy) is 2. The molecule has 0 saturated carbocycles. The van der Waals surface area contributed by atoms with Crippen molar-refractivity contribution in [2.45, 2.75) is 106 Å². The minimum absolute atomic E-state index is 0.0260. The third kappa shape index (κ3) is 12.2. The molecule has 0 fully saturated rings. The van der Waals surface area contributed by atoms with E-state index in [4.69, 9.17) is 28.8 Å². The van der Waals surface area contributed by atoms with Gasteiger partial charge < -0.3 is 30.4 Å². The number of aryl methyl sites for hydroxylation is 1. The summed E-state index contributed by atoms with van der Waals surface area (Å²) in [4.78, 5) is 78.0. The number of phosphoric ester groups is 1. The van der Waals surface area contributed by atoms with Crippen LogP contribution >= 0.6 is 7.82 Å². The van der Waals surface area contributed by atoms with Crippen LogP contribution < -0.4 is 25.8 Å². The standard InChI is InChI=1S/C40H53N4O12P/c1-24(26-13-16-29(17-14-26)56-57(51,54-22-52-37(49)39(3,4)5)55-23-53-38(50)40(6,7)8)20-33(46)43-30-18-15-27-10-9-11-28-21-31(44(34(27)28)36(30)48)35(47)42-25(2)12-19-32(41)45/h9-11,13-14,16-17,20,25,30-31H,12,15,18-19,21-23H2,1-8H3,(H2,41,45)(H,42,47)(H,43,46). The molecule has 0 radical (unpaired) electrons. The molecule has 0 bridgehead atoms. The van der Waals surface area contributed by atoms with Crippen molar-refractivity contribution < 1.29 is 56.4 Å². The summed E-state index contributed by atoms with van der Waals surface area (Å²) in [5.41, 5.74) is 7.11. The highest BCUT2D eigenvalue weighted by atomic mass is 31.2. The van der Waals surface area contributed by atoms with Crippen LogP contribution in [-0.2, 0) is 64.7 Å². The topological polar surface area (TPSA) is 219 Å². The van der Waals surface area contributed by atoms with E-state index in [0.717, 1.165) is 11.1 Å². The lowest BCUT2D eigenvalue weighted by molar-refractivity contribution is -0.163. The van der Waals surface area contributed by atoms with E-state index in [1.54, 1.807) is 67.5 Å². The van der Waals surface area contributed by atoms with Crippen LogP contribution in [0.4, 0.5) is 5.69 Å². The third-order valence-corrected chi connectivity index (χ3v) is 10.4. The number of nitrogens with one attached hydrogen (secondary N) is 2. The number of phosphoric acid groups is 1. The van der Waals surface area contributed by atoms with Crippen LogP contribution in [0.25, 0.3) is 5.57 Å². The first-order chi connectivity index (χ1) is 26.6. The van der Waals surface area contributed by atoms with E-state index in [1.807, 2.05) is 18.2 Å². The van der Waals surface area contributed by atoms with Gasteiger partial charge in [-0.15, -0.1) is 0 Å². The van der Waals surface area contributed by atoms with Crippen molar-refractivity contribution in [3.05, 3.63) is 65.2 Å². The second-order valence-electron chi connectivity index (χ2n) is 16.1. The number of hydrogen-bond donors (Lipinski definition) is 3. The molecule has 16 nitrogen and oxygen atoms in total. The molecule has 4 N–H and O–H groups in total. The van der Waals surface area contributed by atoms with E-state index in [-0.39, 0.29) is 24.1 Å². The molecular formula is C40H53N4O12P. The van der Waals surface area contributed by atoms with Crippen molar-refractivity contribution in [3.63, 3.8) is 0 Å². The van der Waals surface area contributed by atoms with Gasteiger partial charge in [-0.05, 0) is 109 Å². The summed E-state index contributed by atoms with van der Waals surface area (Å²) in [5, 5.41) is 5.73. The fourth-order valence-corrected chi connectivity index (χ4v) is 6.88. The van der Waals surface area contributed by atoms with Crippen molar-refractivity contribution in [3.8, 4) is 5.75 Å². The molecule has 0 aliphatic carbocycles. The highest BCUT2D eigenvalue weighted by molar-refractivity contribution is 7.48. The highest BCUT2D eigenvalue weighted by Gasteiger charge is 2.44. The van der Waals surface area contributed by atoms with Gasteiger partial charge >= 0.3 is 19.8 Å². The van der Waals surface area contributed by atoms with Crippen molar-refractivity contribution in [2.24, 2.45) is 16.6 Å². The van der Waals surface area contributed by atoms with Gasteiger partial charge in [0.1, 0.15) is 17.8 Å². The number of nitrogens with two attached hydrogens (primary N) is 1. The normalized spacial score (nSPS) is 17.5. The van der Waals surface area contributed by atoms with E-state index < -0.39 is 74.0 Å². The lowest BCUT2D eigenvalue weighted by Crippen LogP contribution is -2.55. The SMILES string of the molecule is CC(=CC(=O)NC1CCc2cccc3c2N(C1=O)C(C(=O)NC(C)CCC(N)=O)C3)c1ccc(OP(=O)(OCOC(=O)C(C)(C)C)OCOC(=O)C(C)(C)C)cc1. The van der Waals surface area contributed by atoms with Crippen LogP contribution in [0, 0.1) is 10.8 Å². The van der Waals surface area contributed by atoms with E-state index in [1.165, 1.54) is 23.1 Å². The molecule has 3 unspecified atom stereocenters. The quantitative estimate of drug-likeness (QED) is 0.0896. The Hall–Kier alpha value is -5.05. The van der Waals surface area contributed by atoms with Gasteiger partial charge in [0.15, 0.2) is 0 Å². The molecule has 2 aromatic carbocycles. The second-order valence-corrected chi connectivity index (χ2v) is 17.7. The number of anilines is 1. The van der Waals surface area contributed by atoms with Gasteiger partial charge in [-0.25, -0.2) is 13.6 Å².